The third-order valence-corrected chi connectivity index (χ3v) is 5.51. The Morgan fingerprint density at radius 1 is 1.28 bits per heavy atom. The van der Waals surface area contributed by atoms with Gasteiger partial charge in [0.15, 0.2) is 5.65 Å². The lowest BCUT2D eigenvalue weighted by Gasteiger charge is -2.35. The fourth-order valence-corrected chi connectivity index (χ4v) is 4.04. The molecule has 0 saturated carbocycles. The molecular weight excluding hydrogens is 336 g/mol. The van der Waals surface area contributed by atoms with E-state index in [2.05, 4.69) is 19.9 Å². The Hall–Kier alpha value is -2.61. The summed E-state index contributed by atoms with van der Waals surface area (Å²) in [5.74, 6) is 0.453. The monoisotopic (exact) mass is 354 g/mol. The van der Waals surface area contributed by atoms with Crippen LogP contribution in [0.5, 0.6) is 0 Å². The number of anilines is 1. The number of fused-ring (bicyclic) bond motifs is 1. The van der Waals surface area contributed by atoms with Gasteiger partial charge in [0.2, 0.25) is 0 Å². The van der Waals surface area contributed by atoms with Crippen molar-refractivity contribution >= 4 is 34.1 Å². The summed E-state index contributed by atoms with van der Waals surface area (Å²) >= 11 is 1.39. The van der Waals surface area contributed by atoms with E-state index in [0.29, 0.717) is 16.3 Å². The number of piperidine rings is 1. The maximum absolute atomic E-state index is 13.0. The quantitative estimate of drug-likeness (QED) is 0.760. The first-order valence-electron chi connectivity index (χ1n) is 8.23. The van der Waals surface area contributed by atoms with Crippen LogP contribution in [-0.4, -0.2) is 37.3 Å². The zero-order valence-electron chi connectivity index (χ0n) is 13.8. The predicted molar refractivity (Wildman–Crippen MR) is 96.2 cm³/mol. The van der Waals surface area contributed by atoms with Gasteiger partial charge in [-0.2, -0.15) is 0 Å². The normalized spacial score (nSPS) is 17.8. The van der Waals surface area contributed by atoms with E-state index in [-0.39, 0.29) is 11.9 Å². The molecule has 8 heteroatoms. The van der Waals surface area contributed by atoms with E-state index in [9.17, 15) is 4.79 Å². The van der Waals surface area contributed by atoms with Crippen molar-refractivity contribution in [2.45, 2.75) is 32.2 Å². The van der Waals surface area contributed by atoms with Gasteiger partial charge in [0, 0.05) is 6.54 Å². The first-order valence-corrected chi connectivity index (χ1v) is 9.11. The number of hydrogen-bond donors (Lipinski definition) is 1. The number of aromatic nitrogens is 4. The molecule has 3 aromatic heterocycles. The van der Waals surface area contributed by atoms with Crippen LogP contribution in [0.4, 0.5) is 5.82 Å². The number of thiazole rings is 1. The number of amides is 1. The summed E-state index contributed by atoms with van der Waals surface area (Å²) in [5, 5.41) is 0.734. The van der Waals surface area contributed by atoms with E-state index in [0.717, 1.165) is 42.6 Å². The summed E-state index contributed by atoms with van der Waals surface area (Å²) < 4.78 is 0. The number of pyridine rings is 1. The van der Waals surface area contributed by atoms with Crippen molar-refractivity contribution < 1.29 is 4.79 Å². The summed E-state index contributed by atoms with van der Waals surface area (Å²) in [5.41, 5.74) is 9.80. The maximum atomic E-state index is 13.0. The van der Waals surface area contributed by atoms with Crippen LogP contribution in [0.15, 0.2) is 24.0 Å². The van der Waals surface area contributed by atoms with Crippen molar-refractivity contribution in [3.8, 4) is 0 Å². The van der Waals surface area contributed by atoms with Crippen LogP contribution in [0, 0.1) is 6.92 Å². The van der Waals surface area contributed by atoms with Gasteiger partial charge in [0.1, 0.15) is 17.0 Å². The molecular formula is C17H18N6OS. The molecule has 0 aromatic carbocycles. The zero-order chi connectivity index (χ0) is 17.4. The molecule has 0 spiro atoms. The highest BCUT2D eigenvalue weighted by molar-refractivity contribution is 7.11. The highest BCUT2D eigenvalue weighted by atomic mass is 32.1. The van der Waals surface area contributed by atoms with Crippen LogP contribution in [0.25, 0.3) is 11.0 Å². The van der Waals surface area contributed by atoms with Gasteiger partial charge in [-0.3, -0.25) is 4.79 Å². The number of rotatable bonds is 2. The van der Waals surface area contributed by atoms with Crippen LogP contribution < -0.4 is 5.73 Å². The Morgan fingerprint density at radius 3 is 2.96 bits per heavy atom. The molecule has 1 atom stereocenters. The number of nitrogens with zero attached hydrogens (tertiary/aromatic N) is 5. The lowest BCUT2D eigenvalue weighted by atomic mass is 9.98. The molecule has 1 saturated heterocycles. The van der Waals surface area contributed by atoms with E-state index >= 15 is 0 Å². The second-order valence-corrected chi connectivity index (χ2v) is 7.00. The predicted octanol–water partition coefficient (Wildman–Crippen LogP) is 2.74. The summed E-state index contributed by atoms with van der Waals surface area (Å²) in [6, 6.07) is 3.77. The van der Waals surface area contributed by atoms with Gasteiger partial charge in [-0.05, 0) is 38.3 Å². The topological polar surface area (TPSA) is 97.9 Å². The molecule has 0 bridgehead atoms. The van der Waals surface area contributed by atoms with E-state index in [1.54, 1.807) is 5.51 Å². The molecule has 3 aromatic rings. The summed E-state index contributed by atoms with van der Waals surface area (Å²) in [6.45, 7) is 2.60. The van der Waals surface area contributed by atoms with Gasteiger partial charge in [0.25, 0.3) is 5.91 Å². The number of aryl methyl sites for hydroxylation is 1. The zero-order valence-corrected chi connectivity index (χ0v) is 14.7. The molecule has 0 aliphatic carbocycles. The molecule has 0 radical (unpaired) electrons. The number of likely N-dealkylation sites (tertiary alicyclic amines) is 1. The average Bonchev–Trinajstić information content (AvgIpc) is 3.07. The maximum Gasteiger partial charge on any atom is 0.266 e. The van der Waals surface area contributed by atoms with Gasteiger partial charge in [-0.25, -0.2) is 19.9 Å². The van der Waals surface area contributed by atoms with Crippen LogP contribution >= 0.6 is 11.3 Å². The molecule has 1 fully saturated rings. The van der Waals surface area contributed by atoms with Crippen molar-refractivity contribution in [2.24, 2.45) is 0 Å². The molecule has 1 aliphatic rings. The Labute approximate surface area is 148 Å². The van der Waals surface area contributed by atoms with E-state index in [4.69, 9.17) is 5.73 Å². The van der Waals surface area contributed by atoms with E-state index in [1.807, 2.05) is 24.0 Å². The van der Waals surface area contributed by atoms with Gasteiger partial charge in [-0.15, -0.1) is 11.3 Å². The summed E-state index contributed by atoms with van der Waals surface area (Å²) in [6.07, 6.45) is 4.38. The average molecular weight is 354 g/mol. The summed E-state index contributed by atoms with van der Waals surface area (Å²) in [7, 11) is 0. The largest absolute Gasteiger partial charge is 0.383 e. The smallest absolute Gasteiger partial charge is 0.266 e. The highest BCUT2D eigenvalue weighted by Crippen LogP contribution is 2.33. The molecule has 4 rings (SSSR count). The second kappa shape index (κ2) is 6.36. The summed E-state index contributed by atoms with van der Waals surface area (Å²) in [4.78, 5) is 32.7. The second-order valence-electron chi connectivity index (χ2n) is 6.14. The first kappa shape index (κ1) is 15.9. The van der Waals surface area contributed by atoms with Crippen LogP contribution in [0.2, 0.25) is 0 Å². The third-order valence-electron chi connectivity index (χ3n) is 4.59. The Balaban J connectivity index is 1.72. The van der Waals surface area contributed by atoms with Crippen molar-refractivity contribution in [1.82, 2.24) is 24.8 Å². The van der Waals surface area contributed by atoms with Gasteiger partial charge in [-0.1, -0.05) is 0 Å². The van der Waals surface area contributed by atoms with Crippen LogP contribution in [0.3, 0.4) is 0 Å². The number of nitrogens with two attached hydrogens (primary N) is 1. The van der Waals surface area contributed by atoms with E-state index in [1.165, 1.54) is 17.7 Å². The van der Waals surface area contributed by atoms with Crippen molar-refractivity contribution in [2.75, 3.05) is 12.3 Å². The standard InChI is InChI=1S/C17H18N6OS/c1-10-14(25-9-21-10)17(24)23-7-3-2-4-13(23)12-6-5-11-15(18)19-8-20-16(11)22-12/h5-6,8-9,13H,2-4,7H2,1H3,(H2,18,19,20,22)/t13-/m0/s1. The molecule has 2 N–H and O–H groups in total. The lowest BCUT2D eigenvalue weighted by Crippen LogP contribution is -2.38. The fraction of sp³-hybridized carbons (Fsp3) is 0.353. The number of nitrogen functional groups attached to an aromatic ring is 1. The Bertz CT molecular complexity index is 940. The number of carbonyl (C=O) groups is 1. The van der Waals surface area contributed by atoms with E-state index < -0.39 is 0 Å². The van der Waals surface area contributed by atoms with Crippen molar-refractivity contribution in [3.05, 3.63) is 40.2 Å². The number of carbonyl (C=O) groups excluding carboxylic acids is 1. The first-order chi connectivity index (χ1) is 12.1. The fourth-order valence-electron chi connectivity index (χ4n) is 3.28. The Morgan fingerprint density at radius 2 is 2.16 bits per heavy atom. The third kappa shape index (κ3) is 2.82. The van der Waals surface area contributed by atoms with Gasteiger partial charge < -0.3 is 10.6 Å². The van der Waals surface area contributed by atoms with Crippen molar-refractivity contribution in [3.63, 3.8) is 0 Å². The molecule has 128 valence electrons. The molecule has 1 amide bonds. The van der Waals surface area contributed by atoms with Gasteiger partial charge in [0.05, 0.1) is 28.3 Å². The van der Waals surface area contributed by atoms with Crippen molar-refractivity contribution in [1.29, 1.82) is 0 Å². The minimum atomic E-state index is -0.0525. The van der Waals surface area contributed by atoms with Crippen LogP contribution in [0.1, 0.15) is 46.4 Å². The lowest BCUT2D eigenvalue weighted by molar-refractivity contribution is 0.0610. The molecule has 25 heavy (non-hydrogen) atoms. The Kier molecular flexibility index (Phi) is 4.04. The minimum Gasteiger partial charge on any atom is -0.383 e. The van der Waals surface area contributed by atoms with Gasteiger partial charge >= 0.3 is 0 Å². The number of hydrogen-bond acceptors (Lipinski definition) is 7. The molecule has 7 nitrogen and oxygen atoms in total. The van der Waals surface area contributed by atoms with Crippen LogP contribution in [-0.2, 0) is 0 Å². The molecule has 4 heterocycles. The molecule has 0 unspecified atom stereocenters. The molecule has 1 aliphatic heterocycles. The SMILES string of the molecule is Cc1ncsc1C(=O)N1CCCC[C@H]1c1ccc2c(N)ncnc2n1. The highest BCUT2D eigenvalue weighted by Gasteiger charge is 2.31. The minimum absolute atomic E-state index is 0.0359.